The third kappa shape index (κ3) is 4.91. The maximum Gasteiger partial charge on any atom is 0.224 e. The molecule has 2 amide bonds. The van der Waals surface area contributed by atoms with Gasteiger partial charge in [-0.3, -0.25) is 9.59 Å². The number of amides is 2. The van der Waals surface area contributed by atoms with Gasteiger partial charge in [-0.1, -0.05) is 30.3 Å². The Morgan fingerprint density at radius 2 is 1.75 bits per heavy atom. The van der Waals surface area contributed by atoms with Gasteiger partial charge in [-0.15, -0.1) is 0 Å². The van der Waals surface area contributed by atoms with Gasteiger partial charge >= 0.3 is 0 Å². The van der Waals surface area contributed by atoms with Gasteiger partial charge < -0.3 is 10.2 Å². The smallest absolute Gasteiger partial charge is 0.224 e. The van der Waals surface area contributed by atoms with E-state index in [2.05, 4.69) is 5.32 Å². The fourth-order valence-electron chi connectivity index (χ4n) is 2.30. The zero-order valence-corrected chi connectivity index (χ0v) is 13.9. The van der Waals surface area contributed by atoms with Crippen molar-refractivity contribution in [2.75, 3.05) is 18.5 Å². The number of nitrogens with zero attached hydrogens (tertiary/aromatic N) is 1. The van der Waals surface area contributed by atoms with E-state index in [9.17, 15) is 14.0 Å². The number of rotatable bonds is 6. The SMILES string of the molecule is CC(=O)N(C)c1ccc(CC(=O)NCCc2ccccc2F)cc1. The van der Waals surface area contributed by atoms with E-state index in [4.69, 9.17) is 0 Å². The molecule has 0 aromatic heterocycles. The summed E-state index contributed by atoms with van der Waals surface area (Å²) in [7, 11) is 1.70. The lowest BCUT2D eigenvalue weighted by atomic mass is 10.1. The monoisotopic (exact) mass is 328 g/mol. The second-order valence-corrected chi connectivity index (χ2v) is 5.61. The van der Waals surface area contributed by atoms with Crippen LogP contribution in [0.2, 0.25) is 0 Å². The second-order valence-electron chi connectivity index (χ2n) is 5.61. The Morgan fingerprint density at radius 1 is 1.08 bits per heavy atom. The van der Waals surface area contributed by atoms with Crippen molar-refractivity contribution in [3.8, 4) is 0 Å². The molecule has 0 unspecified atom stereocenters. The predicted molar refractivity (Wildman–Crippen MR) is 92.3 cm³/mol. The van der Waals surface area contributed by atoms with Gasteiger partial charge in [0.15, 0.2) is 0 Å². The average Bonchev–Trinajstić information content (AvgIpc) is 2.56. The molecular weight excluding hydrogens is 307 g/mol. The number of hydrogen-bond acceptors (Lipinski definition) is 2. The number of carbonyl (C=O) groups is 2. The molecule has 0 radical (unpaired) electrons. The molecule has 0 saturated carbocycles. The predicted octanol–water partition coefficient (Wildman–Crippen LogP) is 2.71. The molecule has 4 nitrogen and oxygen atoms in total. The molecule has 1 N–H and O–H groups in total. The van der Waals surface area contributed by atoms with E-state index >= 15 is 0 Å². The molecule has 0 fully saturated rings. The second kappa shape index (κ2) is 8.24. The molecule has 5 heteroatoms. The normalized spacial score (nSPS) is 10.3. The summed E-state index contributed by atoms with van der Waals surface area (Å²) < 4.78 is 13.5. The third-order valence-corrected chi connectivity index (χ3v) is 3.84. The highest BCUT2D eigenvalue weighted by atomic mass is 19.1. The van der Waals surface area contributed by atoms with Crippen LogP contribution in [0.25, 0.3) is 0 Å². The maximum atomic E-state index is 13.5. The number of nitrogens with one attached hydrogen (secondary N) is 1. The van der Waals surface area contributed by atoms with Crippen LogP contribution in [0.4, 0.5) is 10.1 Å². The van der Waals surface area contributed by atoms with Crippen LogP contribution >= 0.6 is 0 Å². The summed E-state index contributed by atoms with van der Waals surface area (Å²) in [6.45, 7) is 1.89. The van der Waals surface area contributed by atoms with E-state index in [-0.39, 0.29) is 24.1 Å². The Kier molecular flexibility index (Phi) is 6.07. The molecule has 0 spiro atoms. The van der Waals surface area contributed by atoms with Crippen LogP contribution in [0.15, 0.2) is 48.5 Å². The van der Waals surface area contributed by atoms with Gasteiger partial charge in [-0.2, -0.15) is 0 Å². The fraction of sp³-hybridized carbons (Fsp3) is 0.263. The largest absolute Gasteiger partial charge is 0.355 e. The highest BCUT2D eigenvalue weighted by molar-refractivity contribution is 5.90. The summed E-state index contributed by atoms with van der Waals surface area (Å²) in [5.41, 5.74) is 2.24. The van der Waals surface area contributed by atoms with Crippen molar-refractivity contribution in [2.24, 2.45) is 0 Å². The molecule has 0 aliphatic carbocycles. The van der Waals surface area contributed by atoms with E-state index in [1.165, 1.54) is 17.9 Å². The van der Waals surface area contributed by atoms with Crippen LogP contribution < -0.4 is 10.2 Å². The minimum Gasteiger partial charge on any atom is -0.355 e. The number of benzene rings is 2. The summed E-state index contributed by atoms with van der Waals surface area (Å²) in [6, 6.07) is 13.8. The molecule has 24 heavy (non-hydrogen) atoms. The molecule has 0 aliphatic rings. The Hall–Kier alpha value is -2.69. The van der Waals surface area contributed by atoms with Crippen LogP contribution in [0, 0.1) is 5.82 Å². The van der Waals surface area contributed by atoms with Gasteiger partial charge in [0.2, 0.25) is 11.8 Å². The molecule has 2 rings (SSSR count). The van der Waals surface area contributed by atoms with E-state index in [0.717, 1.165) is 11.3 Å². The molecule has 2 aromatic carbocycles. The lowest BCUT2D eigenvalue weighted by molar-refractivity contribution is -0.120. The van der Waals surface area contributed by atoms with E-state index in [0.29, 0.717) is 18.5 Å². The number of halogens is 1. The summed E-state index contributed by atoms with van der Waals surface area (Å²) in [5.74, 6) is -0.412. The Balaban J connectivity index is 1.82. The number of carbonyl (C=O) groups excluding carboxylic acids is 2. The standard InChI is InChI=1S/C19H21FN2O2/c1-14(23)22(2)17-9-7-15(8-10-17)13-19(24)21-12-11-16-5-3-4-6-18(16)20/h3-10H,11-13H2,1-2H3,(H,21,24). The van der Waals surface area contributed by atoms with Crippen LogP contribution in [0.1, 0.15) is 18.1 Å². The van der Waals surface area contributed by atoms with Crippen LogP contribution in [-0.2, 0) is 22.4 Å². The highest BCUT2D eigenvalue weighted by Crippen LogP contribution is 2.14. The van der Waals surface area contributed by atoms with Gasteiger partial charge in [0.25, 0.3) is 0 Å². The Bertz CT molecular complexity index is 714. The molecule has 126 valence electrons. The molecule has 0 aliphatic heterocycles. The van der Waals surface area contributed by atoms with E-state index in [1.807, 2.05) is 24.3 Å². The quantitative estimate of drug-likeness (QED) is 0.886. The first-order valence-corrected chi connectivity index (χ1v) is 7.80. The van der Waals surface area contributed by atoms with E-state index < -0.39 is 0 Å². The fourth-order valence-corrected chi connectivity index (χ4v) is 2.30. The lowest BCUT2D eigenvalue weighted by Crippen LogP contribution is -2.27. The topological polar surface area (TPSA) is 49.4 Å². The number of hydrogen-bond donors (Lipinski definition) is 1. The van der Waals surface area contributed by atoms with Gasteiger partial charge in [-0.05, 0) is 35.7 Å². The van der Waals surface area contributed by atoms with Crippen LogP contribution in [0.5, 0.6) is 0 Å². The lowest BCUT2D eigenvalue weighted by Gasteiger charge is -2.15. The van der Waals surface area contributed by atoms with Crippen molar-refractivity contribution in [1.29, 1.82) is 0 Å². The van der Waals surface area contributed by atoms with Crippen molar-refractivity contribution in [3.63, 3.8) is 0 Å². The minimum atomic E-state index is -0.253. The third-order valence-electron chi connectivity index (χ3n) is 3.84. The van der Waals surface area contributed by atoms with E-state index in [1.54, 1.807) is 25.2 Å². The molecule has 2 aromatic rings. The molecule has 0 heterocycles. The van der Waals surface area contributed by atoms with Crippen LogP contribution in [-0.4, -0.2) is 25.4 Å². The zero-order chi connectivity index (χ0) is 17.5. The maximum absolute atomic E-state index is 13.5. The molecule has 0 atom stereocenters. The summed E-state index contributed by atoms with van der Waals surface area (Å²) >= 11 is 0. The van der Waals surface area contributed by atoms with Gasteiger partial charge in [0, 0.05) is 26.2 Å². The number of anilines is 1. The summed E-state index contributed by atoms with van der Waals surface area (Å²) in [5, 5.41) is 2.79. The van der Waals surface area contributed by atoms with Crippen molar-refractivity contribution in [2.45, 2.75) is 19.8 Å². The van der Waals surface area contributed by atoms with Crippen LogP contribution in [0.3, 0.4) is 0 Å². The van der Waals surface area contributed by atoms with Gasteiger partial charge in [0.1, 0.15) is 5.82 Å². The Morgan fingerprint density at radius 3 is 2.38 bits per heavy atom. The summed E-state index contributed by atoms with van der Waals surface area (Å²) in [4.78, 5) is 24.8. The van der Waals surface area contributed by atoms with Crippen molar-refractivity contribution in [3.05, 3.63) is 65.5 Å². The Labute approximate surface area is 141 Å². The van der Waals surface area contributed by atoms with Gasteiger partial charge in [-0.25, -0.2) is 4.39 Å². The molecule has 0 saturated heterocycles. The van der Waals surface area contributed by atoms with Crippen molar-refractivity contribution < 1.29 is 14.0 Å². The average molecular weight is 328 g/mol. The highest BCUT2D eigenvalue weighted by Gasteiger charge is 2.07. The zero-order valence-electron chi connectivity index (χ0n) is 13.9. The minimum absolute atomic E-state index is 0.0476. The first kappa shape index (κ1) is 17.7. The van der Waals surface area contributed by atoms with Crippen molar-refractivity contribution in [1.82, 2.24) is 5.32 Å². The van der Waals surface area contributed by atoms with Gasteiger partial charge in [0.05, 0.1) is 6.42 Å². The molecular formula is C19H21FN2O2. The summed E-state index contributed by atoms with van der Waals surface area (Å²) in [6.07, 6.45) is 0.710. The molecule has 0 bridgehead atoms. The van der Waals surface area contributed by atoms with Crippen molar-refractivity contribution >= 4 is 17.5 Å². The first-order chi connectivity index (χ1) is 11.5. The first-order valence-electron chi connectivity index (χ1n) is 7.80.